The summed E-state index contributed by atoms with van der Waals surface area (Å²) in [6.45, 7) is 4.69. The monoisotopic (exact) mass is 320 g/mol. The fourth-order valence-corrected chi connectivity index (χ4v) is 3.17. The normalized spacial score (nSPS) is 21.9. The fraction of sp³-hybridized carbons (Fsp3) is 0.786. The molecule has 0 radical (unpaired) electrons. The Balaban J connectivity index is 1.68. The van der Waals surface area contributed by atoms with Gasteiger partial charge in [-0.1, -0.05) is 18.1 Å². The van der Waals surface area contributed by atoms with Gasteiger partial charge >= 0.3 is 0 Å². The van der Waals surface area contributed by atoms with E-state index < -0.39 is 0 Å². The van der Waals surface area contributed by atoms with Gasteiger partial charge in [-0.25, -0.2) is 9.36 Å². The summed E-state index contributed by atoms with van der Waals surface area (Å²) in [6.07, 6.45) is 6.36. The summed E-state index contributed by atoms with van der Waals surface area (Å²) in [6, 6.07) is 0.792. The van der Waals surface area contributed by atoms with Crippen molar-refractivity contribution >= 4 is 0 Å². The van der Waals surface area contributed by atoms with Crippen LogP contribution in [0.4, 0.5) is 0 Å². The van der Waals surface area contributed by atoms with Gasteiger partial charge in [0, 0.05) is 6.04 Å². The maximum Gasteiger partial charge on any atom is 0.165 e. The standard InChI is InChI=1S/C14H24N8O/c1-10(2)22-14(17-18-20-22)7-15-12-5-3-4-6-13(12)21-8-11(9-23)16-19-21/h8,10,12-13,15,23H,3-7,9H2,1-2H3/t12-,13+/m0/s1. The van der Waals surface area contributed by atoms with Crippen LogP contribution in [0.3, 0.4) is 0 Å². The third kappa shape index (κ3) is 3.56. The second kappa shape index (κ2) is 7.14. The Morgan fingerprint density at radius 1 is 1.26 bits per heavy atom. The van der Waals surface area contributed by atoms with Crippen LogP contribution in [-0.4, -0.2) is 46.3 Å². The number of hydrogen-bond acceptors (Lipinski definition) is 7. The molecule has 2 N–H and O–H groups in total. The van der Waals surface area contributed by atoms with Crippen LogP contribution in [0, 0.1) is 0 Å². The molecule has 3 rings (SSSR count). The predicted molar refractivity (Wildman–Crippen MR) is 82.3 cm³/mol. The van der Waals surface area contributed by atoms with Crippen molar-refractivity contribution in [3.63, 3.8) is 0 Å². The minimum atomic E-state index is -0.0754. The average molecular weight is 320 g/mol. The largest absolute Gasteiger partial charge is 0.390 e. The molecule has 0 bridgehead atoms. The number of aromatic nitrogens is 7. The molecule has 9 heteroatoms. The lowest BCUT2D eigenvalue weighted by atomic mass is 9.90. The van der Waals surface area contributed by atoms with Crippen LogP contribution in [0.25, 0.3) is 0 Å². The van der Waals surface area contributed by atoms with Crippen LogP contribution in [-0.2, 0) is 13.2 Å². The van der Waals surface area contributed by atoms with E-state index in [1.807, 2.05) is 15.6 Å². The van der Waals surface area contributed by atoms with E-state index in [-0.39, 0.29) is 18.7 Å². The maximum atomic E-state index is 9.17. The number of rotatable bonds is 6. The Morgan fingerprint density at radius 2 is 2.09 bits per heavy atom. The Kier molecular flexibility index (Phi) is 4.97. The molecule has 0 saturated heterocycles. The highest BCUT2D eigenvalue weighted by Gasteiger charge is 2.27. The maximum absolute atomic E-state index is 9.17. The lowest BCUT2D eigenvalue weighted by molar-refractivity contribution is 0.239. The van der Waals surface area contributed by atoms with Crippen molar-refractivity contribution in [3.8, 4) is 0 Å². The topological polar surface area (TPSA) is 107 Å². The molecule has 0 aliphatic heterocycles. The van der Waals surface area contributed by atoms with Crippen molar-refractivity contribution < 1.29 is 5.11 Å². The van der Waals surface area contributed by atoms with Gasteiger partial charge in [-0.2, -0.15) is 0 Å². The lowest BCUT2D eigenvalue weighted by Gasteiger charge is -2.32. The van der Waals surface area contributed by atoms with Gasteiger partial charge in [0.1, 0.15) is 5.69 Å². The highest BCUT2D eigenvalue weighted by molar-refractivity contribution is 4.95. The van der Waals surface area contributed by atoms with Crippen LogP contribution >= 0.6 is 0 Å². The molecule has 2 heterocycles. The Bertz CT molecular complexity index is 622. The number of aliphatic hydroxyl groups is 1. The molecule has 0 aromatic carbocycles. The summed E-state index contributed by atoms with van der Waals surface area (Å²) in [5, 5.41) is 32.8. The van der Waals surface area contributed by atoms with Gasteiger partial charge < -0.3 is 10.4 Å². The van der Waals surface area contributed by atoms with E-state index in [0.717, 1.165) is 18.7 Å². The van der Waals surface area contributed by atoms with Crippen molar-refractivity contribution in [1.29, 1.82) is 0 Å². The van der Waals surface area contributed by atoms with Crippen LogP contribution in [0.15, 0.2) is 6.20 Å². The summed E-state index contributed by atoms with van der Waals surface area (Å²) in [5.74, 6) is 0.846. The predicted octanol–water partition coefficient (Wildman–Crippen LogP) is 0.611. The van der Waals surface area contributed by atoms with Crippen LogP contribution in [0.2, 0.25) is 0 Å². The van der Waals surface area contributed by atoms with Crippen molar-refractivity contribution in [2.24, 2.45) is 0 Å². The van der Waals surface area contributed by atoms with Gasteiger partial charge in [0.15, 0.2) is 5.82 Å². The smallest absolute Gasteiger partial charge is 0.165 e. The van der Waals surface area contributed by atoms with E-state index >= 15 is 0 Å². The molecule has 1 aliphatic rings. The van der Waals surface area contributed by atoms with E-state index in [1.54, 1.807) is 0 Å². The molecule has 126 valence electrons. The zero-order valence-electron chi connectivity index (χ0n) is 13.6. The quantitative estimate of drug-likeness (QED) is 0.803. The van der Waals surface area contributed by atoms with Crippen molar-refractivity contribution in [1.82, 2.24) is 40.5 Å². The Labute approximate surface area is 135 Å². The molecule has 0 unspecified atom stereocenters. The molecule has 2 atom stereocenters. The van der Waals surface area contributed by atoms with Gasteiger partial charge in [-0.3, -0.25) is 0 Å². The Hall–Kier alpha value is -1.87. The minimum Gasteiger partial charge on any atom is -0.390 e. The van der Waals surface area contributed by atoms with E-state index in [2.05, 4.69) is 45.0 Å². The summed E-state index contributed by atoms with van der Waals surface area (Å²) in [4.78, 5) is 0. The Morgan fingerprint density at radius 3 is 2.83 bits per heavy atom. The summed E-state index contributed by atoms with van der Waals surface area (Å²) < 4.78 is 3.72. The van der Waals surface area contributed by atoms with Gasteiger partial charge in [0.2, 0.25) is 0 Å². The molecule has 1 saturated carbocycles. The SMILES string of the molecule is CC(C)n1nnnc1CN[C@H]1CCCC[C@H]1n1cc(CO)nn1. The molecule has 0 amide bonds. The molecule has 0 spiro atoms. The second-order valence-corrected chi connectivity index (χ2v) is 6.32. The molecule has 1 fully saturated rings. The third-order valence-electron chi connectivity index (χ3n) is 4.36. The molecular formula is C14H24N8O. The number of aliphatic hydroxyl groups excluding tert-OH is 1. The first kappa shape index (κ1) is 16.0. The van der Waals surface area contributed by atoms with Crippen molar-refractivity contribution in [3.05, 3.63) is 17.7 Å². The highest BCUT2D eigenvalue weighted by atomic mass is 16.3. The summed E-state index contributed by atoms with van der Waals surface area (Å²) in [7, 11) is 0. The van der Waals surface area contributed by atoms with Crippen LogP contribution < -0.4 is 5.32 Å². The fourth-order valence-electron chi connectivity index (χ4n) is 3.17. The van der Waals surface area contributed by atoms with Crippen LogP contribution in [0.5, 0.6) is 0 Å². The van der Waals surface area contributed by atoms with Crippen LogP contribution in [0.1, 0.15) is 63.1 Å². The average Bonchev–Trinajstić information content (AvgIpc) is 3.22. The van der Waals surface area contributed by atoms with Crippen molar-refractivity contribution in [2.75, 3.05) is 0 Å². The van der Waals surface area contributed by atoms with Gasteiger partial charge in [0.05, 0.1) is 31.4 Å². The second-order valence-electron chi connectivity index (χ2n) is 6.32. The molecular weight excluding hydrogens is 296 g/mol. The zero-order valence-corrected chi connectivity index (χ0v) is 13.6. The van der Waals surface area contributed by atoms with E-state index in [9.17, 15) is 0 Å². The van der Waals surface area contributed by atoms with E-state index in [1.165, 1.54) is 12.8 Å². The molecule has 1 aliphatic carbocycles. The first-order valence-electron chi connectivity index (χ1n) is 8.20. The minimum absolute atomic E-state index is 0.0754. The summed E-state index contributed by atoms with van der Waals surface area (Å²) in [5.41, 5.74) is 0.609. The molecule has 2 aromatic heterocycles. The van der Waals surface area contributed by atoms with Crippen molar-refractivity contribution in [2.45, 2.75) is 70.8 Å². The first-order valence-corrected chi connectivity index (χ1v) is 8.20. The number of nitrogens with zero attached hydrogens (tertiary/aromatic N) is 7. The zero-order chi connectivity index (χ0) is 16.2. The third-order valence-corrected chi connectivity index (χ3v) is 4.36. The molecule has 9 nitrogen and oxygen atoms in total. The van der Waals surface area contributed by atoms with Gasteiger partial charge in [-0.15, -0.1) is 10.2 Å². The summed E-state index contributed by atoms with van der Waals surface area (Å²) >= 11 is 0. The first-order chi connectivity index (χ1) is 11.2. The van der Waals surface area contributed by atoms with Gasteiger partial charge in [0.25, 0.3) is 0 Å². The van der Waals surface area contributed by atoms with E-state index in [4.69, 9.17) is 5.11 Å². The number of nitrogens with one attached hydrogen (secondary N) is 1. The number of tetrazole rings is 1. The lowest BCUT2D eigenvalue weighted by Crippen LogP contribution is -2.40. The number of hydrogen-bond donors (Lipinski definition) is 2. The highest BCUT2D eigenvalue weighted by Crippen LogP contribution is 2.28. The molecule has 23 heavy (non-hydrogen) atoms. The molecule has 2 aromatic rings. The van der Waals surface area contributed by atoms with E-state index in [0.29, 0.717) is 18.3 Å². The van der Waals surface area contributed by atoms with Gasteiger partial charge in [-0.05, 0) is 37.1 Å².